The maximum absolute atomic E-state index is 11.8. The van der Waals surface area contributed by atoms with Crippen molar-refractivity contribution in [2.24, 2.45) is 0 Å². The first-order valence-electron chi connectivity index (χ1n) is 7.46. The van der Waals surface area contributed by atoms with Gasteiger partial charge in [-0.15, -0.1) is 0 Å². The van der Waals surface area contributed by atoms with Crippen molar-refractivity contribution in [3.8, 4) is 0 Å². The molecule has 0 saturated carbocycles. The van der Waals surface area contributed by atoms with E-state index in [1.807, 2.05) is 13.8 Å². The van der Waals surface area contributed by atoms with Crippen molar-refractivity contribution in [3.05, 3.63) is 52.1 Å². The summed E-state index contributed by atoms with van der Waals surface area (Å²) in [6.07, 6.45) is 2.31. The molecule has 0 aliphatic carbocycles. The Hall–Kier alpha value is -3.29. The Balaban J connectivity index is 0.00000100. The first-order valence-corrected chi connectivity index (χ1v) is 7.46. The normalized spacial score (nSPS) is 9.92. The van der Waals surface area contributed by atoms with Crippen LogP contribution in [0.1, 0.15) is 29.9 Å². The molecule has 0 bridgehead atoms. The number of nitrogens with zero attached hydrogens (tertiary/aromatic N) is 3. The summed E-state index contributed by atoms with van der Waals surface area (Å²) in [5, 5.41) is 3.13. The Morgan fingerprint density at radius 2 is 1.92 bits per heavy atom. The van der Waals surface area contributed by atoms with Crippen molar-refractivity contribution in [1.29, 1.82) is 0 Å². The second-order valence-corrected chi connectivity index (χ2v) is 4.58. The smallest absolute Gasteiger partial charge is 0.280 e. The van der Waals surface area contributed by atoms with Gasteiger partial charge in [0.1, 0.15) is 6.29 Å². The van der Waals surface area contributed by atoms with E-state index >= 15 is 0 Å². The number of fused-ring (bicyclic) bond motifs is 1. The average molecular weight is 326 g/mol. The zero-order valence-corrected chi connectivity index (χ0v) is 13.4. The van der Waals surface area contributed by atoms with Crippen LogP contribution in [0.3, 0.4) is 0 Å². The number of hydrogen-bond donors (Lipinski definition) is 3. The number of carbonyl (C=O) groups excluding carboxylic acids is 1. The summed E-state index contributed by atoms with van der Waals surface area (Å²) in [5.41, 5.74) is 7.40. The first-order chi connectivity index (χ1) is 11.7. The molecule has 2 heterocycles. The highest BCUT2D eigenvalue weighted by atomic mass is 16.1. The van der Waals surface area contributed by atoms with Gasteiger partial charge in [-0.2, -0.15) is 4.98 Å². The lowest BCUT2D eigenvalue weighted by atomic mass is 10.2. The van der Waals surface area contributed by atoms with Crippen LogP contribution in [-0.4, -0.2) is 26.2 Å². The van der Waals surface area contributed by atoms with Crippen LogP contribution in [0.15, 0.2) is 35.3 Å². The molecule has 0 atom stereocenters. The molecule has 8 heteroatoms. The zero-order valence-electron chi connectivity index (χ0n) is 13.4. The SMILES string of the molecule is CC.Nc1nc2ncc(CNc3ccc(C=O)cc3)nc2c(=O)[nH]1. The van der Waals surface area contributed by atoms with Gasteiger partial charge >= 0.3 is 0 Å². The number of hydrogen-bond acceptors (Lipinski definition) is 7. The number of aromatic amines is 1. The van der Waals surface area contributed by atoms with Crippen LogP contribution in [0.25, 0.3) is 11.2 Å². The van der Waals surface area contributed by atoms with E-state index in [0.29, 0.717) is 17.8 Å². The Kier molecular flexibility index (Phi) is 5.56. The molecule has 124 valence electrons. The molecule has 4 N–H and O–H groups in total. The van der Waals surface area contributed by atoms with E-state index in [4.69, 9.17) is 5.73 Å². The van der Waals surface area contributed by atoms with Crippen molar-refractivity contribution in [3.63, 3.8) is 0 Å². The van der Waals surface area contributed by atoms with E-state index < -0.39 is 5.56 Å². The number of aromatic nitrogens is 4. The van der Waals surface area contributed by atoms with Crippen LogP contribution in [0.4, 0.5) is 11.6 Å². The fraction of sp³-hybridized carbons (Fsp3) is 0.188. The summed E-state index contributed by atoms with van der Waals surface area (Å²) in [5.74, 6) is 0.00735. The summed E-state index contributed by atoms with van der Waals surface area (Å²) in [6, 6.07) is 6.98. The summed E-state index contributed by atoms with van der Waals surface area (Å²) in [6.45, 7) is 4.38. The van der Waals surface area contributed by atoms with Gasteiger partial charge in [0, 0.05) is 11.3 Å². The number of nitrogens with one attached hydrogen (secondary N) is 2. The molecular formula is C16H18N6O2. The summed E-state index contributed by atoms with van der Waals surface area (Å²) in [7, 11) is 0. The maximum atomic E-state index is 11.8. The predicted molar refractivity (Wildman–Crippen MR) is 92.9 cm³/mol. The highest BCUT2D eigenvalue weighted by molar-refractivity contribution is 5.75. The second-order valence-electron chi connectivity index (χ2n) is 4.58. The topological polar surface area (TPSA) is 127 Å². The minimum absolute atomic E-state index is 0.00735. The molecule has 8 nitrogen and oxygen atoms in total. The Labute approximate surface area is 138 Å². The van der Waals surface area contributed by atoms with Crippen molar-refractivity contribution >= 4 is 29.1 Å². The maximum Gasteiger partial charge on any atom is 0.280 e. The summed E-state index contributed by atoms with van der Waals surface area (Å²) in [4.78, 5) is 37.0. The fourth-order valence-corrected chi connectivity index (χ4v) is 1.93. The number of anilines is 2. The molecule has 0 radical (unpaired) electrons. The van der Waals surface area contributed by atoms with E-state index in [1.54, 1.807) is 24.3 Å². The van der Waals surface area contributed by atoms with Gasteiger partial charge in [-0.1, -0.05) is 13.8 Å². The lowest BCUT2D eigenvalue weighted by Gasteiger charge is -2.06. The first kappa shape index (κ1) is 17.1. The molecule has 0 fully saturated rings. The Bertz CT molecular complexity index is 889. The van der Waals surface area contributed by atoms with Crippen molar-refractivity contribution < 1.29 is 4.79 Å². The fourth-order valence-electron chi connectivity index (χ4n) is 1.93. The van der Waals surface area contributed by atoms with Gasteiger partial charge in [-0.05, 0) is 24.3 Å². The number of aldehydes is 1. The third kappa shape index (κ3) is 3.92. The molecule has 0 amide bonds. The molecule has 3 rings (SSSR count). The Morgan fingerprint density at radius 1 is 1.21 bits per heavy atom. The quantitative estimate of drug-likeness (QED) is 0.623. The van der Waals surface area contributed by atoms with Crippen LogP contribution in [-0.2, 0) is 6.54 Å². The van der Waals surface area contributed by atoms with Gasteiger partial charge in [-0.3, -0.25) is 14.6 Å². The van der Waals surface area contributed by atoms with Gasteiger partial charge in [0.2, 0.25) is 5.95 Å². The lowest BCUT2D eigenvalue weighted by molar-refractivity contribution is 0.112. The van der Waals surface area contributed by atoms with E-state index in [1.165, 1.54) is 6.20 Å². The van der Waals surface area contributed by atoms with Gasteiger partial charge in [0.05, 0.1) is 18.4 Å². The standard InChI is InChI=1S/C14H12N6O2.C2H6/c15-14-19-12-11(13(22)20-14)18-10(6-17-12)5-16-9-3-1-8(7-21)2-4-9;1-2/h1-4,6-7,16H,5H2,(H3,15,17,19,20,22);1-2H3. The number of rotatable bonds is 4. The third-order valence-corrected chi connectivity index (χ3v) is 3.01. The molecule has 24 heavy (non-hydrogen) atoms. The van der Waals surface area contributed by atoms with Gasteiger partial charge in [0.25, 0.3) is 5.56 Å². The average Bonchev–Trinajstić information content (AvgIpc) is 2.62. The third-order valence-electron chi connectivity index (χ3n) is 3.01. The predicted octanol–water partition coefficient (Wildman–Crippen LogP) is 1.75. The van der Waals surface area contributed by atoms with Gasteiger partial charge in [-0.25, -0.2) is 9.97 Å². The van der Waals surface area contributed by atoms with Crippen molar-refractivity contribution in [2.45, 2.75) is 20.4 Å². The number of carbonyl (C=O) groups is 1. The number of nitrogens with two attached hydrogens (primary N) is 1. The highest BCUT2D eigenvalue weighted by Gasteiger charge is 2.06. The van der Waals surface area contributed by atoms with Gasteiger partial charge in [0.15, 0.2) is 11.2 Å². The second kappa shape index (κ2) is 7.82. The molecule has 2 aromatic heterocycles. The van der Waals surface area contributed by atoms with Crippen LogP contribution in [0, 0.1) is 0 Å². The van der Waals surface area contributed by atoms with Crippen LogP contribution in [0.2, 0.25) is 0 Å². The lowest BCUT2D eigenvalue weighted by Crippen LogP contribution is -2.15. The van der Waals surface area contributed by atoms with Crippen LogP contribution >= 0.6 is 0 Å². The van der Waals surface area contributed by atoms with Crippen LogP contribution < -0.4 is 16.6 Å². The van der Waals surface area contributed by atoms with Crippen molar-refractivity contribution in [2.75, 3.05) is 11.1 Å². The van der Waals surface area contributed by atoms with Crippen LogP contribution in [0.5, 0.6) is 0 Å². The van der Waals surface area contributed by atoms with E-state index in [-0.39, 0.29) is 17.1 Å². The minimum Gasteiger partial charge on any atom is -0.379 e. The molecule has 0 saturated heterocycles. The summed E-state index contributed by atoms with van der Waals surface area (Å²) < 4.78 is 0. The number of H-pyrrole nitrogens is 1. The highest BCUT2D eigenvalue weighted by Crippen LogP contribution is 2.10. The number of benzene rings is 1. The molecule has 0 spiro atoms. The van der Waals surface area contributed by atoms with E-state index in [9.17, 15) is 9.59 Å². The van der Waals surface area contributed by atoms with E-state index in [0.717, 1.165) is 12.0 Å². The zero-order chi connectivity index (χ0) is 17.5. The van der Waals surface area contributed by atoms with Gasteiger partial charge < -0.3 is 11.1 Å². The summed E-state index contributed by atoms with van der Waals surface area (Å²) >= 11 is 0. The molecule has 3 aromatic rings. The monoisotopic (exact) mass is 326 g/mol. The largest absolute Gasteiger partial charge is 0.379 e. The number of nitrogen functional groups attached to an aromatic ring is 1. The van der Waals surface area contributed by atoms with Crippen molar-refractivity contribution in [1.82, 2.24) is 19.9 Å². The molecule has 0 aliphatic heterocycles. The van der Waals surface area contributed by atoms with E-state index in [2.05, 4.69) is 25.3 Å². The minimum atomic E-state index is -0.424. The molecule has 0 unspecified atom stereocenters. The molecule has 1 aromatic carbocycles. The molecule has 0 aliphatic rings. The molecular weight excluding hydrogens is 308 g/mol. The Morgan fingerprint density at radius 3 is 2.58 bits per heavy atom.